The number of nitrogens with zero attached hydrogens (tertiary/aromatic N) is 4. The van der Waals surface area contributed by atoms with Crippen molar-refractivity contribution in [2.24, 2.45) is 0 Å². The molecule has 1 heterocycles. The van der Waals surface area contributed by atoms with Crippen LogP contribution < -0.4 is 4.90 Å². The van der Waals surface area contributed by atoms with Crippen LogP contribution in [0.25, 0.3) is 11.3 Å². The quantitative estimate of drug-likeness (QED) is 0.855. The van der Waals surface area contributed by atoms with Gasteiger partial charge >= 0.3 is 0 Å². The van der Waals surface area contributed by atoms with E-state index < -0.39 is 0 Å². The molecule has 0 aliphatic heterocycles. The topological polar surface area (TPSA) is 32.3 Å². The van der Waals surface area contributed by atoms with Crippen LogP contribution in [0.5, 0.6) is 0 Å². The molecule has 0 bridgehead atoms. The second kappa shape index (κ2) is 6.01. The minimum atomic E-state index is 0.406. The Balaban J connectivity index is 2.28. The molecule has 20 heavy (non-hydrogen) atoms. The van der Waals surface area contributed by atoms with Gasteiger partial charge in [-0.2, -0.15) is 0 Å². The fourth-order valence-electron chi connectivity index (χ4n) is 1.94. The molecule has 1 aromatic carbocycles. The molecule has 0 unspecified atom stereocenters. The van der Waals surface area contributed by atoms with Crippen molar-refractivity contribution in [1.82, 2.24) is 14.9 Å². The first-order chi connectivity index (χ1) is 9.49. The molecule has 0 radical (unpaired) electrons. The molecule has 1 aromatic heterocycles. The normalized spacial score (nSPS) is 12.5. The van der Waals surface area contributed by atoms with Gasteiger partial charge in [0.05, 0.1) is 18.1 Å². The smallest absolute Gasteiger partial charge is 0.147 e. The van der Waals surface area contributed by atoms with Gasteiger partial charge in [0.15, 0.2) is 0 Å². The summed E-state index contributed by atoms with van der Waals surface area (Å²) in [4.78, 5) is 13.0. The summed E-state index contributed by atoms with van der Waals surface area (Å²) in [5, 5.41) is 0. The second-order valence-corrected chi connectivity index (χ2v) is 5.42. The lowest BCUT2D eigenvalue weighted by atomic mass is 10.0. The number of benzene rings is 1. The zero-order valence-electron chi connectivity index (χ0n) is 12.8. The summed E-state index contributed by atoms with van der Waals surface area (Å²) in [6.45, 7) is 2.20. The third-order valence-corrected chi connectivity index (χ3v) is 3.54. The number of aromatic nitrogens is 2. The second-order valence-electron chi connectivity index (χ2n) is 5.42. The molecule has 0 aliphatic carbocycles. The molecule has 106 valence electrons. The van der Waals surface area contributed by atoms with Crippen molar-refractivity contribution in [3.05, 3.63) is 42.2 Å². The average molecular weight is 270 g/mol. The van der Waals surface area contributed by atoms with Gasteiger partial charge in [0.25, 0.3) is 0 Å². The third kappa shape index (κ3) is 3.14. The molecule has 4 heteroatoms. The molecule has 0 fully saturated rings. The molecular weight excluding hydrogens is 248 g/mol. The fourth-order valence-corrected chi connectivity index (χ4v) is 1.94. The van der Waals surface area contributed by atoms with Gasteiger partial charge in [0.2, 0.25) is 0 Å². The highest BCUT2D eigenvalue weighted by Crippen LogP contribution is 2.23. The van der Waals surface area contributed by atoms with Gasteiger partial charge in [-0.25, -0.2) is 4.98 Å². The first-order valence-corrected chi connectivity index (χ1v) is 6.75. The van der Waals surface area contributed by atoms with Gasteiger partial charge in [0, 0.05) is 25.7 Å². The van der Waals surface area contributed by atoms with Crippen molar-refractivity contribution >= 4 is 5.82 Å². The predicted molar refractivity (Wildman–Crippen MR) is 83.9 cm³/mol. The Kier molecular flexibility index (Phi) is 4.35. The van der Waals surface area contributed by atoms with E-state index in [4.69, 9.17) is 0 Å². The summed E-state index contributed by atoms with van der Waals surface area (Å²) in [7, 11) is 8.11. The molecule has 0 N–H and O–H groups in total. The maximum atomic E-state index is 4.61. The Morgan fingerprint density at radius 3 is 2.15 bits per heavy atom. The molecule has 2 rings (SSSR count). The van der Waals surface area contributed by atoms with Gasteiger partial charge in [-0.1, -0.05) is 24.3 Å². The predicted octanol–water partition coefficient (Wildman–Crippen LogP) is 2.83. The summed E-state index contributed by atoms with van der Waals surface area (Å²) in [5.41, 5.74) is 3.30. The van der Waals surface area contributed by atoms with E-state index in [1.54, 1.807) is 12.4 Å². The number of anilines is 1. The van der Waals surface area contributed by atoms with Gasteiger partial charge in [-0.05, 0) is 26.6 Å². The maximum Gasteiger partial charge on any atom is 0.147 e. The van der Waals surface area contributed by atoms with Crippen molar-refractivity contribution in [1.29, 1.82) is 0 Å². The van der Waals surface area contributed by atoms with Crippen molar-refractivity contribution in [2.45, 2.75) is 13.0 Å². The van der Waals surface area contributed by atoms with Crippen LogP contribution in [0.3, 0.4) is 0 Å². The Labute approximate surface area is 121 Å². The van der Waals surface area contributed by atoms with E-state index >= 15 is 0 Å². The van der Waals surface area contributed by atoms with E-state index in [1.165, 1.54) is 5.56 Å². The Morgan fingerprint density at radius 2 is 1.60 bits per heavy atom. The van der Waals surface area contributed by atoms with Crippen LogP contribution in [0.1, 0.15) is 18.5 Å². The van der Waals surface area contributed by atoms with Crippen molar-refractivity contribution < 1.29 is 0 Å². The van der Waals surface area contributed by atoms with Crippen molar-refractivity contribution in [3.8, 4) is 11.3 Å². The van der Waals surface area contributed by atoms with Crippen LogP contribution in [0, 0.1) is 0 Å². The molecule has 0 amide bonds. The van der Waals surface area contributed by atoms with Gasteiger partial charge < -0.3 is 9.80 Å². The molecule has 1 atom stereocenters. The van der Waals surface area contributed by atoms with E-state index in [1.807, 2.05) is 19.0 Å². The number of rotatable bonds is 4. The summed E-state index contributed by atoms with van der Waals surface area (Å²) >= 11 is 0. The van der Waals surface area contributed by atoms with Crippen LogP contribution >= 0.6 is 0 Å². The molecule has 0 spiro atoms. The maximum absolute atomic E-state index is 4.61. The highest BCUT2D eigenvalue weighted by atomic mass is 15.1. The average Bonchev–Trinajstić information content (AvgIpc) is 2.46. The summed E-state index contributed by atoms with van der Waals surface area (Å²) in [5.74, 6) is 0.869. The van der Waals surface area contributed by atoms with E-state index in [0.29, 0.717) is 6.04 Å². The van der Waals surface area contributed by atoms with Gasteiger partial charge in [0.1, 0.15) is 5.82 Å². The molecule has 4 nitrogen and oxygen atoms in total. The molecule has 0 aliphatic rings. The SMILES string of the molecule is C[C@@H](c1ccc(-c2cncc(N(C)C)n2)cc1)N(C)C. The highest BCUT2D eigenvalue weighted by molar-refractivity contribution is 5.60. The molecule has 2 aromatic rings. The molecule has 0 saturated carbocycles. The summed E-state index contributed by atoms with van der Waals surface area (Å²) in [6, 6.07) is 8.94. The van der Waals surface area contributed by atoms with Crippen LogP contribution in [0.4, 0.5) is 5.82 Å². The lowest BCUT2D eigenvalue weighted by molar-refractivity contribution is 0.321. The van der Waals surface area contributed by atoms with Crippen molar-refractivity contribution in [3.63, 3.8) is 0 Å². The lowest BCUT2D eigenvalue weighted by Crippen LogP contribution is -2.16. The van der Waals surface area contributed by atoms with Crippen LogP contribution in [-0.4, -0.2) is 43.1 Å². The third-order valence-electron chi connectivity index (χ3n) is 3.54. The molecule has 0 saturated heterocycles. The lowest BCUT2D eigenvalue weighted by Gasteiger charge is -2.20. The highest BCUT2D eigenvalue weighted by Gasteiger charge is 2.08. The standard InChI is InChI=1S/C16H22N4/c1-12(19(2)3)13-6-8-14(9-7-13)15-10-17-11-16(18-15)20(4)5/h6-12H,1-5H3/t12-/m0/s1. The Hall–Kier alpha value is -1.94. The van der Waals surface area contributed by atoms with Gasteiger partial charge in [-0.15, -0.1) is 0 Å². The van der Waals surface area contributed by atoms with E-state index in [2.05, 4.69) is 60.2 Å². The Bertz CT molecular complexity index is 561. The van der Waals surface area contributed by atoms with E-state index in [0.717, 1.165) is 17.1 Å². The minimum Gasteiger partial charge on any atom is -0.361 e. The summed E-state index contributed by atoms with van der Waals surface area (Å²) < 4.78 is 0. The van der Waals surface area contributed by atoms with E-state index in [-0.39, 0.29) is 0 Å². The zero-order chi connectivity index (χ0) is 14.7. The van der Waals surface area contributed by atoms with Gasteiger partial charge in [-0.3, -0.25) is 4.98 Å². The molecular formula is C16H22N4. The van der Waals surface area contributed by atoms with E-state index in [9.17, 15) is 0 Å². The first-order valence-electron chi connectivity index (χ1n) is 6.75. The fraction of sp³-hybridized carbons (Fsp3) is 0.375. The number of hydrogen-bond donors (Lipinski definition) is 0. The van der Waals surface area contributed by atoms with Crippen LogP contribution in [0.2, 0.25) is 0 Å². The minimum absolute atomic E-state index is 0.406. The zero-order valence-corrected chi connectivity index (χ0v) is 12.8. The largest absolute Gasteiger partial charge is 0.361 e. The summed E-state index contributed by atoms with van der Waals surface area (Å²) in [6.07, 6.45) is 3.57. The Morgan fingerprint density at radius 1 is 0.950 bits per heavy atom. The van der Waals surface area contributed by atoms with Crippen LogP contribution in [-0.2, 0) is 0 Å². The van der Waals surface area contributed by atoms with Crippen LogP contribution in [0.15, 0.2) is 36.7 Å². The van der Waals surface area contributed by atoms with Crippen molar-refractivity contribution in [2.75, 3.05) is 33.1 Å². The number of hydrogen-bond acceptors (Lipinski definition) is 4. The monoisotopic (exact) mass is 270 g/mol. The first kappa shape index (κ1) is 14.5.